The Kier molecular flexibility index (Phi) is 4.31. The highest BCUT2D eigenvalue weighted by Crippen LogP contribution is 2.62. The lowest BCUT2D eigenvalue weighted by Gasteiger charge is -2.63. The first-order valence-corrected chi connectivity index (χ1v) is 9.09. The maximum absolute atomic E-state index is 12.9. The van der Waals surface area contributed by atoms with E-state index in [2.05, 4.69) is 10.6 Å². The van der Waals surface area contributed by atoms with Gasteiger partial charge in [0.1, 0.15) is 5.82 Å². The first-order valence-electron chi connectivity index (χ1n) is 9.09. The zero-order chi connectivity index (χ0) is 16.6. The maximum Gasteiger partial charge on any atom is 0.251 e. The summed E-state index contributed by atoms with van der Waals surface area (Å²) in [6.07, 6.45) is 6.52. The fraction of sp³-hybridized carbons (Fsp3) is 0.632. The molecule has 0 bridgehead atoms. The van der Waals surface area contributed by atoms with Crippen LogP contribution in [0.4, 0.5) is 4.39 Å². The topological polar surface area (TPSA) is 50.4 Å². The van der Waals surface area contributed by atoms with Crippen LogP contribution in [0.15, 0.2) is 24.3 Å². The molecular weight excluding hydrogens is 307 g/mol. The van der Waals surface area contributed by atoms with Crippen molar-refractivity contribution in [2.75, 3.05) is 19.7 Å². The average Bonchev–Trinajstić information content (AvgIpc) is 2.94. The third kappa shape index (κ3) is 2.64. The smallest absolute Gasteiger partial charge is 0.251 e. The number of fused-ring (bicyclic) bond motifs is 2. The third-order valence-corrected chi connectivity index (χ3v) is 6.15. The summed E-state index contributed by atoms with van der Waals surface area (Å²) < 4.78 is 18.8. The molecule has 4 rings (SSSR count). The van der Waals surface area contributed by atoms with Gasteiger partial charge in [0.15, 0.2) is 0 Å². The largest absolute Gasteiger partial charge is 0.377 e. The molecular formula is C19H25FN2O2. The Hall–Kier alpha value is -1.46. The van der Waals surface area contributed by atoms with Crippen LogP contribution in [0.3, 0.4) is 0 Å². The van der Waals surface area contributed by atoms with Gasteiger partial charge < -0.3 is 15.4 Å². The van der Waals surface area contributed by atoms with Crippen LogP contribution in [0, 0.1) is 17.2 Å². The molecule has 2 saturated carbocycles. The molecule has 0 aromatic heterocycles. The molecule has 1 saturated heterocycles. The third-order valence-electron chi connectivity index (χ3n) is 6.15. The highest BCUT2D eigenvalue weighted by Gasteiger charge is 2.66. The minimum Gasteiger partial charge on any atom is -0.377 e. The molecule has 2 aliphatic carbocycles. The summed E-state index contributed by atoms with van der Waals surface area (Å²) in [6, 6.07) is 6.25. The molecule has 24 heavy (non-hydrogen) atoms. The van der Waals surface area contributed by atoms with Crippen LogP contribution >= 0.6 is 0 Å². The maximum atomic E-state index is 12.9. The van der Waals surface area contributed by atoms with E-state index in [9.17, 15) is 9.18 Å². The fourth-order valence-electron chi connectivity index (χ4n) is 4.81. The van der Waals surface area contributed by atoms with Gasteiger partial charge in [0.2, 0.25) is 0 Å². The molecule has 2 N–H and O–H groups in total. The first kappa shape index (κ1) is 16.0. The number of hydrogen-bond donors (Lipinski definition) is 2. The Labute approximate surface area is 142 Å². The van der Waals surface area contributed by atoms with Gasteiger partial charge >= 0.3 is 0 Å². The van der Waals surface area contributed by atoms with E-state index in [1.807, 2.05) is 0 Å². The Morgan fingerprint density at radius 2 is 2.04 bits per heavy atom. The van der Waals surface area contributed by atoms with Crippen LogP contribution in [0.2, 0.25) is 0 Å². The molecule has 1 aromatic carbocycles. The minimum absolute atomic E-state index is 0.140. The predicted octanol–water partition coefficient (Wildman–Crippen LogP) is 2.49. The lowest BCUT2D eigenvalue weighted by atomic mass is 9.46. The van der Waals surface area contributed by atoms with Gasteiger partial charge in [-0.25, -0.2) is 4.39 Å². The molecule has 5 heteroatoms. The van der Waals surface area contributed by atoms with E-state index >= 15 is 0 Å². The molecule has 3 atom stereocenters. The molecule has 130 valence electrons. The zero-order valence-corrected chi connectivity index (χ0v) is 13.9. The average molecular weight is 332 g/mol. The van der Waals surface area contributed by atoms with Gasteiger partial charge in [-0.15, -0.1) is 0 Å². The second kappa shape index (κ2) is 6.45. The quantitative estimate of drug-likeness (QED) is 0.787. The van der Waals surface area contributed by atoms with Gasteiger partial charge in [-0.2, -0.15) is 0 Å². The zero-order valence-electron chi connectivity index (χ0n) is 13.9. The minimum atomic E-state index is -0.324. The van der Waals surface area contributed by atoms with Crippen LogP contribution in [0.25, 0.3) is 0 Å². The van der Waals surface area contributed by atoms with Crippen LogP contribution < -0.4 is 10.6 Å². The highest BCUT2D eigenvalue weighted by atomic mass is 19.1. The SMILES string of the molecule is O=C(NCCCN[C@@H]1[C@H]2CCO[C@H]2C12CCC2)c1ccc(F)cc1. The van der Waals surface area contributed by atoms with E-state index in [4.69, 9.17) is 4.74 Å². The summed E-state index contributed by atoms with van der Waals surface area (Å²) in [4.78, 5) is 12.0. The molecule has 4 nitrogen and oxygen atoms in total. The number of halogens is 1. The summed E-state index contributed by atoms with van der Waals surface area (Å²) in [5.41, 5.74) is 0.918. The van der Waals surface area contributed by atoms with Crippen molar-refractivity contribution in [3.63, 3.8) is 0 Å². The number of hydrogen-bond acceptors (Lipinski definition) is 3. The summed E-state index contributed by atoms with van der Waals surface area (Å²) in [7, 11) is 0. The molecule has 1 amide bonds. The molecule has 1 heterocycles. The van der Waals surface area contributed by atoms with Crippen molar-refractivity contribution in [2.45, 2.75) is 44.2 Å². The van der Waals surface area contributed by atoms with Crippen molar-refractivity contribution in [2.24, 2.45) is 11.3 Å². The summed E-state index contributed by atoms with van der Waals surface area (Å²) in [6.45, 7) is 2.47. The number of ether oxygens (including phenoxy) is 1. The van der Waals surface area contributed by atoms with Crippen LogP contribution in [0.5, 0.6) is 0 Å². The van der Waals surface area contributed by atoms with Crippen LogP contribution in [0.1, 0.15) is 42.5 Å². The number of carbonyl (C=O) groups excluding carboxylic acids is 1. The number of carbonyl (C=O) groups is 1. The van der Waals surface area contributed by atoms with Crippen LogP contribution in [-0.2, 0) is 4.74 Å². The van der Waals surface area contributed by atoms with E-state index in [0.29, 0.717) is 35.6 Å². The Bertz CT molecular complexity index is 600. The van der Waals surface area contributed by atoms with Crippen molar-refractivity contribution in [1.29, 1.82) is 0 Å². The van der Waals surface area contributed by atoms with Crippen molar-refractivity contribution < 1.29 is 13.9 Å². The summed E-state index contributed by atoms with van der Waals surface area (Å²) in [5.74, 6) is 0.229. The molecule has 3 fully saturated rings. The Morgan fingerprint density at radius 1 is 1.25 bits per heavy atom. The van der Waals surface area contributed by atoms with Gasteiger partial charge in [-0.05, 0) is 56.5 Å². The monoisotopic (exact) mass is 332 g/mol. The van der Waals surface area contributed by atoms with Crippen molar-refractivity contribution in [3.8, 4) is 0 Å². The number of benzene rings is 1. The molecule has 0 unspecified atom stereocenters. The molecule has 1 aromatic rings. The highest BCUT2D eigenvalue weighted by molar-refractivity contribution is 5.94. The molecule has 1 aliphatic heterocycles. The lowest BCUT2D eigenvalue weighted by Crippen LogP contribution is -2.71. The van der Waals surface area contributed by atoms with E-state index in [1.54, 1.807) is 0 Å². The molecule has 1 spiro atoms. The second-order valence-electron chi connectivity index (χ2n) is 7.38. The van der Waals surface area contributed by atoms with Crippen molar-refractivity contribution in [1.82, 2.24) is 10.6 Å². The van der Waals surface area contributed by atoms with E-state index in [0.717, 1.165) is 19.6 Å². The number of rotatable bonds is 6. The number of amides is 1. The predicted molar refractivity (Wildman–Crippen MR) is 89.3 cm³/mol. The normalized spacial score (nSPS) is 29.6. The van der Waals surface area contributed by atoms with Crippen molar-refractivity contribution >= 4 is 5.91 Å². The Balaban J connectivity index is 1.18. The second-order valence-corrected chi connectivity index (χ2v) is 7.38. The molecule has 0 radical (unpaired) electrons. The molecule has 3 aliphatic rings. The fourth-order valence-corrected chi connectivity index (χ4v) is 4.81. The summed E-state index contributed by atoms with van der Waals surface area (Å²) in [5, 5.41) is 6.62. The standard InChI is InChI=1S/C19H25FN2O2/c20-14-5-3-13(4-6-14)18(23)22-11-2-10-21-16-15-7-12-24-17(15)19(16)8-1-9-19/h3-6,15-17,21H,1-2,7-12H2,(H,22,23)/t15-,16-,17-/m1/s1. The van der Waals surface area contributed by atoms with E-state index in [1.165, 1.54) is 49.9 Å². The Morgan fingerprint density at radius 3 is 2.75 bits per heavy atom. The summed E-state index contributed by atoms with van der Waals surface area (Å²) >= 11 is 0. The van der Waals surface area contributed by atoms with Gasteiger partial charge in [-0.3, -0.25) is 4.79 Å². The lowest BCUT2D eigenvalue weighted by molar-refractivity contribution is -0.175. The van der Waals surface area contributed by atoms with Gasteiger partial charge in [0.25, 0.3) is 5.91 Å². The van der Waals surface area contributed by atoms with E-state index in [-0.39, 0.29) is 11.7 Å². The van der Waals surface area contributed by atoms with Gasteiger partial charge in [0, 0.05) is 36.1 Å². The number of nitrogens with one attached hydrogen (secondary N) is 2. The van der Waals surface area contributed by atoms with Crippen LogP contribution in [-0.4, -0.2) is 37.7 Å². The van der Waals surface area contributed by atoms with Crippen molar-refractivity contribution in [3.05, 3.63) is 35.6 Å². The van der Waals surface area contributed by atoms with Gasteiger partial charge in [0.05, 0.1) is 6.10 Å². The van der Waals surface area contributed by atoms with Gasteiger partial charge in [-0.1, -0.05) is 6.42 Å². The van der Waals surface area contributed by atoms with E-state index < -0.39 is 0 Å². The first-order chi connectivity index (χ1) is 11.7.